The van der Waals surface area contributed by atoms with Gasteiger partial charge in [0.05, 0.1) is 34.4 Å². The normalized spacial score (nSPS) is 17.8. The summed E-state index contributed by atoms with van der Waals surface area (Å²) in [5, 5.41) is 18.4. The molecule has 2 heterocycles. The SMILES string of the molecule is CCCCSC1=C(CCCC)SC(=C2SC(SCCO)=C(SCCO)S2)S1. The number of rotatable bonds is 13. The van der Waals surface area contributed by atoms with Gasteiger partial charge in [0.25, 0.3) is 0 Å². The molecule has 154 valence electrons. The zero-order chi connectivity index (χ0) is 19.5. The molecule has 0 aromatic carbocycles. The summed E-state index contributed by atoms with van der Waals surface area (Å²) < 4.78 is 6.91. The first-order valence-corrected chi connectivity index (χ1v) is 15.5. The van der Waals surface area contributed by atoms with Crippen LogP contribution in [0.3, 0.4) is 0 Å². The van der Waals surface area contributed by atoms with Gasteiger partial charge < -0.3 is 10.2 Å². The summed E-state index contributed by atoms with van der Waals surface area (Å²) in [5.41, 5.74) is 0. The number of aliphatic hydroxyl groups is 2. The summed E-state index contributed by atoms with van der Waals surface area (Å²) in [5.74, 6) is 2.67. The highest BCUT2D eigenvalue weighted by Crippen LogP contribution is 2.65. The van der Waals surface area contributed by atoms with E-state index in [9.17, 15) is 10.2 Å². The van der Waals surface area contributed by atoms with Gasteiger partial charge in [-0.1, -0.05) is 73.7 Å². The lowest BCUT2D eigenvalue weighted by Gasteiger charge is -2.03. The van der Waals surface area contributed by atoms with Crippen LogP contribution in [0, 0.1) is 0 Å². The third-order valence-corrected chi connectivity index (χ3v) is 13.7. The Bertz CT molecular complexity index is 550. The van der Waals surface area contributed by atoms with Gasteiger partial charge in [0.2, 0.25) is 0 Å². The molecule has 2 aliphatic heterocycles. The van der Waals surface area contributed by atoms with Gasteiger partial charge in [-0.05, 0) is 25.0 Å². The van der Waals surface area contributed by atoms with Crippen LogP contribution in [0.2, 0.25) is 0 Å². The van der Waals surface area contributed by atoms with Crippen molar-refractivity contribution in [3.8, 4) is 0 Å². The van der Waals surface area contributed by atoms with E-state index in [1.165, 1.54) is 59.0 Å². The molecule has 0 saturated carbocycles. The molecule has 0 unspecified atom stereocenters. The van der Waals surface area contributed by atoms with E-state index in [4.69, 9.17) is 0 Å². The van der Waals surface area contributed by atoms with E-state index in [1.807, 2.05) is 58.8 Å². The minimum atomic E-state index is 0.202. The van der Waals surface area contributed by atoms with E-state index in [0.29, 0.717) is 0 Å². The monoisotopic (exact) mass is 500 g/mol. The van der Waals surface area contributed by atoms with Crippen LogP contribution >= 0.6 is 82.3 Å². The molecular weight excluding hydrogens is 473 g/mol. The maximum atomic E-state index is 9.19. The first-order chi connectivity index (χ1) is 13.2. The molecule has 9 heteroatoms. The maximum Gasteiger partial charge on any atom is 0.0717 e. The summed E-state index contributed by atoms with van der Waals surface area (Å²) in [6.07, 6.45) is 6.23. The molecule has 2 N–H and O–H groups in total. The highest BCUT2D eigenvalue weighted by atomic mass is 32.3. The lowest BCUT2D eigenvalue weighted by atomic mass is 10.2. The van der Waals surface area contributed by atoms with Crippen molar-refractivity contribution >= 4 is 82.3 Å². The Morgan fingerprint density at radius 1 is 0.667 bits per heavy atom. The maximum absolute atomic E-state index is 9.19. The second-order valence-corrected chi connectivity index (χ2v) is 14.5. The number of hydrogen-bond acceptors (Lipinski definition) is 9. The largest absolute Gasteiger partial charge is 0.396 e. The van der Waals surface area contributed by atoms with Crippen molar-refractivity contribution in [2.45, 2.75) is 46.0 Å². The van der Waals surface area contributed by atoms with Crippen molar-refractivity contribution in [1.82, 2.24) is 0 Å². The van der Waals surface area contributed by atoms with Crippen LogP contribution in [0.5, 0.6) is 0 Å². The summed E-state index contributed by atoms with van der Waals surface area (Å²) >= 11 is 13.2. The second kappa shape index (κ2) is 14.6. The molecule has 0 atom stereocenters. The van der Waals surface area contributed by atoms with Crippen LogP contribution in [-0.2, 0) is 0 Å². The molecule has 0 bridgehead atoms. The highest BCUT2D eigenvalue weighted by molar-refractivity contribution is 8.43. The molecule has 0 fully saturated rings. The van der Waals surface area contributed by atoms with Crippen molar-refractivity contribution in [1.29, 1.82) is 0 Å². The van der Waals surface area contributed by atoms with E-state index >= 15 is 0 Å². The van der Waals surface area contributed by atoms with E-state index in [-0.39, 0.29) is 13.2 Å². The zero-order valence-electron chi connectivity index (χ0n) is 15.8. The lowest BCUT2D eigenvalue weighted by Crippen LogP contribution is -1.87. The van der Waals surface area contributed by atoms with Crippen LogP contribution in [0.25, 0.3) is 0 Å². The lowest BCUT2D eigenvalue weighted by molar-refractivity contribution is 0.322. The van der Waals surface area contributed by atoms with Gasteiger partial charge in [-0.15, -0.1) is 35.3 Å². The number of thioether (sulfide) groups is 7. The van der Waals surface area contributed by atoms with E-state index in [2.05, 4.69) is 13.8 Å². The van der Waals surface area contributed by atoms with Crippen molar-refractivity contribution in [2.75, 3.05) is 30.5 Å². The van der Waals surface area contributed by atoms with Gasteiger partial charge >= 0.3 is 0 Å². The number of allylic oxidation sites excluding steroid dienone is 1. The fourth-order valence-corrected chi connectivity index (χ4v) is 12.4. The Balaban J connectivity index is 2.06. The van der Waals surface area contributed by atoms with Gasteiger partial charge in [-0.25, -0.2) is 0 Å². The molecule has 0 spiro atoms. The number of hydrogen-bond donors (Lipinski definition) is 2. The fourth-order valence-electron chi connectivity index (χ4n) is 2.12. The first kappa shape index (κ1) is 24.9. The molecule has 0 aromatic rings. The molecule has 2 nitrogen and oxygen atoms in total. The van der Waals surface area contributed by atoms with Crippen LogP contribution < -0.4 is 0 Å². The predicted octanol–water partition coefficient (Wildman–Crippen LogP) is 7.54. The van der Waals surface area contributed by atoms with Crippen LogP contribution in [0.1, 0.15) is 46.0 Å². The van der Waals surface area contributed by atoms with Gasteiger partial charge in [0.1, 0.15) is 0 Å². The van der Waals surface area contributed by atoms with E-state index in [0.717, 1.165) is 11.5 Å². The molecule has 0 amide bonds. The van der Waals surface area contributed by atoms with Crippen LogP contribution in [0.4, 0.5) is 0 Å². The Labute approximate surface area is 193 Å². The Kier molecular flexibility index (Phi) is 13.4. The zero-order valence-corrected chi connectivity index (χ0v) is 21.5. The second-order valence-electron chi connectivity index (χ2n) is 5.72. The first-order valence-electron chi connectivity index (χ1n) is 9.26. The summed E-state index contributed by atoms with van der Waals surface area (Å²) in [6.45, 7) is 4.92. The smallest absolute Gasteiger partial charge is 0.0717 e. The average Bonchev–Trinajstić information content (AvgIpc) is 3.27. The van der Waals surface area contributed by atoms with Crippen molar-refractivity contribution in [2.24, 2.45) is 0 Å². The predicted molar refractivity (Wildman–Crippen MR) is 137 cm³/mol. The van der Waals surface area contributed by atoms with Crippen molar-refractivity contribution < 1.29 is 10.2 Å². The Morgan fingerprint density at radius 3 is 1.74 bits per heavy atom. The Hall–Kier alpha value is 1.59. The molecule has 0 aromatic heterocycles. The highest BCUT2D eigenvalue weighted by Gasteiger charge is 2.30. The molecular formula is C18H28O2S7. The number of aliphatic hydroxyl groups excluding tert-OH is 2. The molecule has 2 aliphatic rings. The van der Waals surface area contributed by atoms with E-state index in [1.54, 1.807) is 28.4 Å². The summed E-state index contributed by atoms with van der Waals surface area (Å²) in [6, 6.07) is 0. The molecule has 0 radical (unpaired) electrons. The minimum absolute atomic E-state index is 0.202. The molecule has 27 heavy (non-hydrogen) atoms. The van der Waals surface area contributed by atoms with Gasteiger partial charge in [0.15, 0.2) is 0 Å². The fraction of sp³-hybridized carbons (Fsp3) is 0.667. The van der Waals surface area contributed by atoms with E-state index < -0.39 is 0 Å². The molecule has 0 aliphatic carbocycles. The van der Waals surface area contributed by atoms with Crippen molar-refractivity contribution in [3.63, 3.8) is 0 Å². The topological polar surface area (TPSA) is 40.5 Å². The summed E-state index contributed by atoms with van der Waals surface area (Å²) in [7, 11) is 0. The van der Waals surface area contributed by atoms with Gasteiger partial charge in [0, 0.05) is 16.4 Å². The molecule has 0 saturated heterocycles. The van der Waals surface area contributed by atoms with Crippen molar-refractivity contribution in [3.05, 3.63) is 26.1 Å². The van der Waals surface area contributed by atoms with Gasteiger partial charge in [-0.2, -0.15) is 0 Å². The van der Waals surface area contributed by atoms with Crippen LogP contribution in [0.15, 0.2) is 26.1 Å². The standard InChI is InChI=1S/C18H28O2S7/c1-3-5-7-13-14(21-10-6-4-2)25-17(24-13)18-26-15(22-11-8-19)16(27-18)23-12-9-20/h19-20H,3-12H2,1-2H3. The van der Waals surface area contributed by atoms with Crippen LogP contribution in [-0.4, -0.2) is 40.7 Å². The minimum Gasteiger partial charge on any atom is -0.396 e. The quantitative estimate of drug-likeness (QED) is 0.249. The summed E-state index contributed by atoms with van der Waals surface area (Å²) in [4.78, 5) is 1.56. The number of unbranched alkanes of at least 4 members (excludes halogenated alkanes) is 2. The Morgan fingerprint density at radius 2 is 1.19 bits per heavy atom. The molecule has 2 rings (SSSR count). The third-order valence-electron chi connectivity index (χ3n) is 3.47. The van der Waals surface area contributed by atoms with Gasteiger partial charge in [-0.3, -0.25) is 0 Å². The third kappa shape index (κ3) is 8.32. The average molecular weight is 501 g/mol.